The highest BCUT2D eigenvalue weighted by Crippen LogP contribution is 2.49. The Morgan fingerprint density at radius 1 is 1.47 bits per heavy atom. The SMILES string of the molecule is CC(C)(C)NCC1CC1c1ccc(Br)s1. The van der Waals surface area contributed by atoms with E-state index in [2.05, 4.69) is 54.2 Å². The average molecular weight is 288 g/mol. The molecule has 15 heavy (non-hydrogen) atoms. The van der Waals surface area contributed by atoms with E-state index in [9.17, 15) is 0 Å². The van der Waals surface area contributed by atoms with Gasteiger partial charge in [-0.2, -0.15) is 0 Å². The summed E-state index contributed by atoms with van der Waals surface area (Å²) in [4.78, 5) is 1.54. The number of hydrogen-bond acceptors (Lipinski definition) is 2. The van der Waals surface area contributed by atoms with Gasteiger partial charge in [0.25, 0.3) is 0 Å². The Morgan fingerprint density at radius 3 is 2.73 bits per heavy atom. The number of thiophene rings is 1. The maximum atomic E-state index is 3.58. The highest BCUT2D eigenvalue weighted by atomic mass is 79.9. The number of halogens is 1. The predicted molar refractivity (Wildman–Crippen MR) is 70.6 cm³/mol. The third-order valence-corrected chi connectivity index (χ3v) is 4.53. The third-order valence-electron chi connectivity index (χ3n) is 2.78. The zero-order valence-corrected chi connectivity index (χ0v) is 11.9. The molecule has 84 valence electrons. The Kier molecular flexibility index (Phi) is 3.25. The van der Waals surface area contributed by atoms with Gasteiger partial charge in [-0.25, -0.2) is 0 Å². The molecule has 1 aliphatic carbocycles. The molecule has 1 N–H and O–H groups in total. The Balaban J connectivity index is 1.81. The molecule has 1 saturated carbocycles. The van der Waals surface area contributed by atoms with Crippen LogP contribution in [0.4, 0.5) is 0 Å². The van der Waals surface area contributed by atoms with E-state index >= 15 is 0 Å². The fraction of sp³-hybridized carbons (Fsp3) is 0.667. The van der Waals surface area contributed by atoms with E-state index in [-0.39, 0.29) is 5.54 Å². The van der Waals surface area contributed by atoms with Crippen molar-refractivity contribution in [3.8, 4) is 0 Å². The maximum absolute atomic E-state index is 3.58. The van der Waals surface area contributed by atoms with Gasteiger partial charge in [-0.3, -0.25) is 0 Å². The molecular formula is C12H18BrNS. The number of rotatable bonds is 3. The Bertz CT molecular complexity index is 340. The molecule has 2 atom stereocenters. The molecule has 1 aromatic rings. The molecule has 2 rings (SSSR count). The Hall–Kier alpha value is 0.140. The van der Waals surface area contributed by atoms with Crippen molar-refractivity contribution in [2.75, 3.05) is 6.54 Å². The van der Waals surface area contributed by atoms with Gasteiger partial charge in [0.1, 0.15) is 0 Å². The van der Waals surface area contributed by atoms with Gasteiger partial charge in [-0.1, -0.05) is 0 Å². The van der Waals surface area contributed by atoms with Crippen molar-refractivity contribution in [1.29, 1.82) is 0 Å². The molecule has 0 radical (unpaired) electrons. The summed E-state index contributed by atoms with van der Waals surface area (Å²) in [7, 11) is 0. The van der Waals surface area contributed by atoms with E-state index in [1.807, 2.05) is 11.3 Å². The van der Waals surface area contributed by atoms with E-state index in [4.69, 9.17) is 0 Å². The fourth-order valence-corrected chi connectivity index (χ4v) is 3.42. The van der Waals surface area contributed by atoms with Crippen LogP contribution in [0.2, 0.25) is 0 Å². The van der Waals surface area contributed by atoms with E-state index in [1.54, 1.807) is 4.88 Å². The van der Waals surface area contributed by atoms with Crippen molar-refractivity contribution in [3.63, 3.8) is 0 Å². The molecular weight excluding hydrogens is 270 g/mol. The van der Waals surface area contributed by atoms with Crippen LogP contribution in [0.1, 0.15) is 38.0 Å². The van der Waals surface area contributed by atoms with Crippen LogP contribution in [0, 0.1) is 5.92 Å². The zero-order valence-electron chi connectivity index (χ0n) is 9.51. The molecule has 0 amide bonds. The smallest absolute Gasteiger partial charge is 0.0701 e. The van der Waals surface area contributed by atoms with Crippen molar-refractivity contribution in [1.82, 2.24) is 5.32 Å². The molecule has 1 fully saturated rings. The molecule has 0 spiro atoms. The normalized spacial score (nSPS) is 25.6. The van der Waals surface area contributed by atoms with Crippen molar-refractivity contribution in [3.05, 3.63) is 20.8 Å². The monoisotopic (exact) mass is 287 g/mol. The van der Waals surface area contributed by atoms with Crippen molar-refractivity contribution in [2.45, 2.75) is 38.6 Å². The first kappa shape index (κ1) is 11.6. The summed E-state index contributed by atoms with van der Waals surface area (Å²) in [5.74, 6) is 1.67. The first-order valence-corrected chi connectivity index (χ1v) is 7.07. The summed E-state index contributed by atoms with van der Waals surface area (Å²) in [6, 6.07) is 4.42. The lowest BCUT2D eigenvalue weighted by molar-refractivity contribution is 0.414. The number of nitrogens with one attached hydrogen (secondary N) is 1. The van der Waals surface area contributed by atoms with E-state index in [0.717, 1.165) is 18.4 Å². The second-order valence-corrected chi connectivity index (χ2v) is 7.87. The molecule has 1 heterocycles. The van der Waals surface area contributed by atoms with Gasteiger partial charge < -0.3 is 5.32 Å². The lowest BCUT2D eigenvalue weighted by Crippen LogP contribution is -2.37. The minimum Gasteiger partial charge on any atom is -0.312 e. The van der Waals surface area contributed by atoms with Gasteiger partial charge in [0.2, 0.25) is 0 Å². The van der Waals surface area contributed by atoms with Crippen LogP contribution in [0.25, 0.3) is 0 Å². The Morgan fingerprint density at radius 2 is 2.20 bits per heavy atom. The Labute approximate surface area is 104 Å². The van der Waals surface area contributed by atoms with Crippen LogP contribution in [-0.4, -0.2) is 12.1 Å². The third kappa shape index (κ3) is 3.30. The van der Waals surface area contributed by atoms with Gasteiger partial charge in [0.05, 0.1) is 3.79 Å². The van der Waals surface area contributed by atoms with Gasteiger partial charge in [-0.15, -0.1) is 11.3 Å². The lowest BCUT2D eigenvalue weighted by Gasteiger charge is -2.20. The van der Waals surface area contributed by atoms with Gasteiger partial charge >= 0.3 is 0 Å². The molecule has 2 unspecified atom stereocenters. The topological polar surface area (TPSA) is 12.0 Å². The van der Waals surface area contributed by atoms with E-state index < -0.39 is 0 Å². The van der Waals surface area contributed by atoms with Gasteiger partial charge in [-0.05, 0) is 73.6 Å². The van der Waals surface area contributed by atoms with Gasteiger partial charge in [0, 0.05) is 10.4 Å². The summed E-state index contributed by atoms with van der Waals surface area (Å²) in [5, 5.41) is 3.58. The van der Waals surface area contributed by atoms with Crippen molar-refractivity contribution < 1.29 is 0 Å². The molecule has 3 heteroatoms. The maximum Gasteiger partial charge on any atom is 0.0701 e. The van der Waals surface area contributed by atoms with Gasteiger partial charge in [0.15, 0.2) is 0 Å². The van der Waals surface area contributed by atoms with Crippen LogP contribution >= 0.6 is 27.3 Å². The predicted octanol–water partition coefficient (Wildman–Crippen LogP) is 4.00. The molecule has 0 bridgehead atoms. The van der Waals surface area contributed by atoms with Crippen LogP contribution < -0.4 is 5.32 Å². The first-order valence-electron chi connectivity index (χ1n) is 5.46. The second kappa shape index (κ2) is 4.19. The van der Waals surface area contributed by atoms with Crippen LogP contribution in [-0.2, 0) is 0 Å². The van der Waals surface area contributed by atoms with Crippen LogP contribution in [0.5, 0.6) is 0 Å². The van der Waals surface area contributed by atoms with Crippen molar-refractivity contribution >= 4 is 27.3 Å². The quantitative estimate of drug-likeness (QED) is 0.886. The zero-order chi connectivity index (χ0) is 11.1. The van der Waals surface area contributed by atoms with E-state index in [0.29, 0.717) is 0 Å². The summed E-state index contributed by atoms with van der Waals surface area (Å²) >= 11 is 5.41. The fourth-order valence-electron chi connectivity index (χ4n) is 1.79. The minimum atomic E-state index is 0.253. The molecule has 1 nitrogen and oxygen atoms in total. The molecule has 0 saturated heterocycles. The molecule has 1 aliphatic rings. The second-order valence-electron chi connectivity index (χ2n) is 5.38. The van der Waals surface area contributed by atoms with Crippen molar-refractivity contribution in [2.24, 2.45) is 5.92 Å². The first-order chi connectivity index (χ1) is 6.96. The summed E-state index contributed by atoms with van der Waals surface area (Å²) in [5.41, 5.74) is 0.253. The minimum absolute atomic E-state index is 0.253. The number of hydrogen-bond donors (Lipinski definition) is 1. The van der Waals surface area contributed by atoms with E-state index in [1.165, 1.54) is 10.2 Å². The molecule has 1 aromatic heterocycles. The highest BCUT2D eigenvalue weighted by molar-refractivity contribution is 9.11. The van der Waals surface area contributed by atoms with Crippen LogP contribution in [0.3, 0.4) is 0 Å². The highest BCUT2D eigenvalue weighted by Gasteiger charge is 2.39. The standard InChI is InChI=1S/C12H18BrNS/c1-12(2,3)14-7-8-6-9(8)10-4-5-11(13)15-10/h4-5,8-9,14H,6-7H2,1-3H3. The van der Waals surface area contributed by atoms with Crippen LogP contribution in [0.15, 0.2) is 15.9 Å². The summed E-state index contributed by atoms with van der Waals surface area (Å²) in [6.45, 7) is 7.84. The molecule has 0 aromatic carbocycles. The average Bonchev–Trinajstić information content (AvgIpc) is 2.77. The lowest BCUT2D eigenvalue weighted by atomic mass is 10.1. The molecule has 0 aliphatic heterocycles. The largest absolute Gasteiger partial charge is 0.312 e. The summed E-state index contributed by atoms with van der Waals surface area (Å²) in [6.07, 6.45) is 1.36. The summed E-state index contributed by atoms with van der Waals surface area (Å²) < 4.78 is 1.26.